The van der Waals surface area contributed by atoms with E-state index in [1.54, 1.807) is 0 Å². The predicted molar refractivity (Wildman–Crippen MR) is 49.4 cm³/mol. The van der Waals surface area contributed by atoms with E-state index in [1.807, 2.05) is 0 Å². The van der Waals surface area contributed by atoms with Crippen LogP contribution in [-0.2, 0) is 9.59 Å². The molecule has 0 heterocycles. The fraction of sp³-hybridized carbons (Fsp3) is 0.556. The zero-order valence-corrected chi connectivity index (χ0v) is 8.37. The number of Topliss-reactive ketones (excluding diaryl/α,β-unsaturated/α-hetero) is 1. The molecule has 0 fully saturated rings. The Balaban J connectivity index is 0. The topological polar surface area (TPSA) is 74.6 Å². The van der Waals surface area contributed by atoms with Gasteiger partial charge in [-0.15, -0.1) is 0 Å². The Bertz CT molecular complexity index is 200. The van der Waals surface area contributed by atoms with Crippen molar-refractivity contribution in [1.29, 1.82) is 0 Å². The second-order valence-corrected chi connectivity index (χ2v) is 2.80. The van der Waals surface area contributed by atoms with E-state index < -0.39 is 12.1 Å². The van der Waals surface area contributed by atoms with Gasteiger partial charge in [0, 0.05) is 5.57 Å². The number of aliphatic hydroxyl groups is 1. The van der Waals surface area contributed by atoms with Gasteiger partial charge in [-0.05, 0) is 33.8 Å². The first-order valence-electron chi connectivity index (χ1n) is 3.84. The molecular weight excluding hydrogens is 172 g/mol. The fourth-order valence-corrected chi connectivity index (χ4v) is 0.433. The zero-order chi connectivity index (χ0) is 11.0. The number of rotatable bonds is 2. The monoisotopic (exact) mass is 188 g/mol. The number of aliphatic hydroxyl groups excluding tert-OH is 1. The van der Waals surface area contributed by atoms with Crippen LogP contribution in [0.1, 0.15) is 27.7 Å². The number of carbonyl (C=O) groups is 2. The van der Waals surface area contributed by atoms with Crippen molar-refractivity contribution in [2.45, 2.75) is 33.8 Å². The summed E-state index contributed by atoms with van der Waals surface area (Å²) in [5, 5.41) is 16.9. The Morgan fingerprint density at radius 3 is 1.62 bits per heavy atom. The van der Waals surface area contributed by atoms with E-state index in [1.165, 1.54) is 33.8 Å². The van der Waals surface area contributed by atoms with Crippen LogP contribution in [0.25, 0.3) is 0 Å². The van der Waals surface area contributed by atoms with Crippen molar-refractivity contribution >= 4 is 11.8 Å². The maximum Gasteiger partial charge on any atom is 0.331 e. The highest BCUT2D eigenvalue weighted by Crippen LogP contribution is 1.94. The molecule has 0 saturated carbocycles. The van der Waals surface area contributed by atoms with Gasteiger partial charge in [0.1, 0.15) is 5.78 Å². The van der Waals surface area contributed by atoms with E-state index in [-0.39, 0.29) is 11.4 Å². The SMILES string of the molecule is CC(=CC(C)O)C(=O)O.CC(C)=O. The normalized spacial score (nSPS) is 12.5. The van der Waals surface area contributed by atoms with E-state index >= 15 is 0 Å². The number of hydrogen-bond donors (Lipinski definition) is 2. The third kappa shape index (κ3) is 18.1. The van der Waals surface area contributed by atoms with Gasteiger partial charge in [-0.2, -0.15) is 0 Å². The van der Waals surface area contributed by atoms with Crippen molar-refractivity contribution in [3.63, 3.8) is 0 Å². The predicted octanol–water partition coefficient (Wildman–Crippen LogP) is 0.993. The number of carboxylic acids is 1. The molecular formula is C9H16O4. The summed E-state index contributed by atoms with van der Waals surface area (Å²) in [6.07, 6.45) is 0.601. The average Bonchev–Trinajstić information content (AvgIpc) is 1.83. The lowest BCUT2D eigenvalue weighted by Crippen LogP contribution is -2.01. The molecule has 0 rings (SSSR count). The maximum atomic E-state index is 10.1. The van der Waals surface area contributed by atoms with Gasteiger partial charge in [-0.3, -0.25) is 0 Å². The Morgan fingerprint density at radius 2 is 1.54 bits per heavy atom. The highest BCUT2D eigenvalue weighted by atomic mass is 16.4. The van der Waals surface area contributed by atoms with E-state index in [9.17, 15) is 9.59 Å². The van der Waals surface area contributed by atoms with Crippen LogP contribution in [0.15, 0.2) is 11.6 Å². The molecule has 13 heavy (non-hydrogen) atoms. The lowest BCUT2D eigenvalue weighted by Gasteiger charge is -1.95. The highest BCUT2D eigenvalue weighted by molar-refractivity contribution is 5.85. The summed E-state index contributed by atoms with van der Waals surface area (Å²) >= 11 is 0. The molecule has 0 radical (unpaired) electrons. The van der Waals surface area contributed by atoms with Crippen LogP contribution in [0.2, 0.25) is 0 Å². The molecule has 76 valence electrons. The molecule has 0 saturated heterocycles. The fourth-order valence-electron chi connectivity index (χ4n) is 0.433. The van der Waals surface area contributed by atoms with Crippen LogP contribution in [-0.4, -0.2) is 28.1 Å². The molecule has 0 aromatic heterocycles. The molecule has 0 spiro atoms. The largest absolute Gasteiger partial charge is 0.478 e. The lowest BCUT2D eigenvalue weighted by molar-refractivity contribution is -0.132. The summed E-state index contributed by atoms with van der Waals surface area (Å²) in [5.41, 5.74) is 0.171. The highest BCUT2D eigenvalue weighted by Gasteiger charge is 1.99. The molecule has 1 atom stereocenters. The van der Waals surface area contributed by atoms with Gasteiger partial charge in [0.25, 0.3) is 0 Å². The van der Waals surface area contributed by atoms with Crippen molar-refractivity contribution < 1.29 is 19.8 Å². The molecule has 4 heteroatoms. The molecule has 4 nitrogen and oxygen atoms in total. The van der Waals surface area contributed by atoms with Gasteiger partial charge in [0.2, 0.25) is 0 Å². The molecule has 0 aliphatic rings. The maximum absolute atomic E-state index is 10.1. The molecule has 1 unspecified atom stereocenters. The Morgan fingerprint density at radius 1 is 1.23 bits per heavy atom. The average molecular weight is 188 g/mol. The molecule has 2 N–H and O–H groups in total. The Kier molecular flexibility index (Phi) is 8.28. The van der Waals surface area contributed by atoms with Crippen LogP contribution in [0.4, 0.5) is 0 Å². The number of hydrogen-bond acceptors (Lipinski definition) is 3. The zero-order valence-electron chi connectivity index (χ0n) is 8.37. The third-order valence-electron chi connectivity index (χ3n) is 0.829. The lowest BCUT2D eigenvalue weighted by atomic mass is 10.2. The minimum atomic E-state index is -0.990. The molecule has 0 amide bonds. The first kappa shape index (κ1) is 14.4. The summed E-state index contributed by atoms with van der Waals surface area (Å²) in [6.45, 7) is 6.00. The van der Waals surface area contributed by atoms with Gasteiger partial charge in [-0.25, -0.2) is 4.79 Å². The Labute approximate surface area is 77.9 Å². The number of carboxylic acid groups (broad SMARTS) is 1. The molecule has 0 aromatic carbocycles. The summed E-state index contributed by atoms with van der Waals surface area (Å²) in [5.74, 6) is -0.823. The Hall–Kier alpha value is -1.16. The third-order valence-corrected chi connectivity index (χ3v) is 0.829. The number of carbonyl (C=O) groups excluding carboxylic acids is 1. The summed E-state index contributed by atoms with van der Waals surface area (Å²) < 4.78 is 0. The van der Waals surface area contributed by atoms with E-state index in [0.717, 1.165) is 0 Å². The quantitative estimate of drug-likeness (QED) is 0.634. The second-order valence-electron chi connectivity index (χ2n) is 2.80. The minimum absolute atomic E-state index is 0.167. The van der Waals surface area contributed by atoms with Crippen LogP contribution < -0.4 is 0 Å². The molecule has 0 bridgehead atoms. The standard InChI is InChI=1S/C6H10O3.C3H6O/c1-4(6(8)9)3-5(2)7;1-3(2)4/h3,5,7H,1-2H3,(H,8,9);1-2H3. The van der Waals surface area contributed by atoms with Crippen molar-refractivity contribution in [2.24, 2.45) is 0 Å². The first-order chi connectivity index (χ1) is 5.77. The summed E-state index contributed by atoms with van der Waals surface area (Å²) in [7, 11) is 0. The van der Waals surface area contributed by atoms with Crippen molar-refractivity contribution in [3.8, 4) is 0 Å². The van der Waals surface area contributed by atoms with Gasteiger partial charge < -0.3 is 15.0 Å². The van der Waals surface area contributed by atoms with Gasteiger partial charge in [0.15, 0.2) is 0 Å². The van der Waals surface area contributed by atoms with E-state index in [2.05, 4.69) is 0 Å². The van der Waals surface area contributed by atoms with Gasteiger partial charge in [0.05, 0.1) is 6.10 Å². The summed E-state index contributed by atoms with van der Waals surface area (Å²) in [4.78, 5) is 19.5. The summed E-state index contributed by atoms with van der Waals surface area (Å²) in [6, 6.07) is 0. The molecule has 0 aliphatic heterocycles. The van der Waals surface area contributed by atoms with Crippen molar-refractivity contribution in [1.82, 2.24) is 0 Å². The molecule has 0 aromatic rings. The second kappa shape index (κ2) is 7.49. The van der Waals surface area contributed by atoms with Gasteiger partial charge >= 0.3 is 5.97 Å². The molecule has 0 aliphatic carbocycles. The first-order valence-corrected chi connectivity index (χ1v) is 3.84. The smallest absolute Gasteiger partial charge is 0.331 e. The van der Waals surface area contributed by atoms with Crippen LogP contribution in [0.3, 0.4) is 0 Å². The van der Waals surface area contributed by atoms with Crippen LogP contribution in [0.5, 0.6) is 0 Å². The van der Waals surface area contributed by atoms with Crippen molar-refractivity contribution in [2.75, 3.05) is 0 Å². The van der Waals surface area contributed by atoms with E-state index in [0.29, 0.717) is 0 Å². The van der Waals surface area contributed by atoms with Crippen molar-refractivity contribution in [3.05, 3.63) is 11.6 Å². The number of aliphatic carboxylic acids is 1. The number of ketones is 1. The van der Waals surface area contributed by atoms with Crippen LogP contribution >= 0.6 is 0 Å². The van der Waals surface area contributed by atoms with Crippen LogP contribution in [0, 0.1) is 0 Å². The van der Waals surface area contributed by atoms with E-state index in [4.69, 9.17) is 10.2 Å². The van der Waals surface area contributed by atoms with Gasteiger partial charge in [-0.1, -0.05) is 0 Å². The minimum Gasteiger partial charge on any atom is -0.478 e.